The van der Waals surface area contributed by atoms with Gasteiger partial charge < -0.3 is 14.8 Å². The summed E-state index contributed by atoms with van der Waals surface area (Å²) in [6.45, 7) is 0.380. The number of allylic oxidation sites excluding steroid dienone is 1. The van der Waals surface area contributed by atoms with E-state index in [4.69, 9.17) is 32.7 Å². The second-order valence-electron chi connectivity index (χ2n) is 6.18. The summed E-state index contributed by atoms with van der Waals surface area (Å²) in [6.07, 6.45) is 0.186. The van der Waals surface area contributed by atoms with Crippen LogP contribution in [0.3, 0.4) is 0 Å². The number of hydrogen-bond donors (Lipinski definition) is 1. The lowest BCUT2D eigenvalue weighted by Crippen LogP contribution is -2.31. The zero-order valence-electron chi connectivity index (χ0n) is 15.6. The van der Waals surface area contributed by atoms with E-state index in [1.54, 1.807) is 24.3 Å². The number of ether oxygens (including phenoxy) is 2. The highest BCUT2D eigenvalue weighted by Gasteiger charge is 2.30. The minimum atomic E-state index is -0.357. The molecule has 1 heterocycles. The third-order valence-electron chi connectivity index (χ3n) is 4.36. The predicted octanol–water partition coefficient (Wildman–Crippen LogP) is 5.15. The third kappa shape index (κ3) is 5.18. The van der Waals surface area contributed by atoms with E-state index in [2.05, 4.69) is 11.4 Å². The van der Waals surface area contributed by atoms with Gasteiger partial charge in [-0.2, -0.15) is 5.26 Å². The van der Waals surface area contributed by atoms with Crippen molar-refractivity contribution < 1.29 is 14.3 Å². The monoisotopic (exact) mass is 448 g/mol. The molecule has 1 amide bonds. The summed E-state index contributed by atoms with van der Waals surface area (Å²) in [6, 6.07) is 14.8. The van der Waals surface area contributed by atoms with E-state index in [0.717, 1.165) is 5.56 Å². The highest BCUT2D eigenvalue weighted by Crippen LogP contribution is 2.38. The van der Waals surface area contributed by atoms with Crippen molar-refractivity contribution in [1.82, 2.24) is 5.32 Å². The molecule has 2 aromatic rings. The number of nitrogens with one attached hydrogen (secondary N) is 1. The fourth-order valence-corrected chi connectivity index (χ4v) is 4.33. The molecule has 3 rings (SSSR count). The molecule has 0 aromatic heterocycles. The summed E-state index contributed by atoms with van der Waals surface area (Å²) in [4.78, 5) is 12.3. The minimum Gasteiger partial charge on any atom is -0.495 e. The van der Waals surface area contributed by atoms with Crippen molar-refractivity contribution in [2.75, 3.05) is 19.5 Å². The van der Waals surface area contributed by atoms with Crippen LogP contribution in [-0.4, -0.2) is 25.4 Å². The van der Waals surface area contributed by atoms with Gasteiger partial charge in [-0.05, 0) is 29.8 Å². The van der Waals surface area contributed by atoms with Gasteiger partial charge in [0.25, 0.3) is 0 Å². The number of hydrogen-bond acceptors (Lipinski definition) is 5. The first-order valence-corrected chi connectivity index (χ1v) is 10.5. The molecule has 0 unspecified atom stereocenters. The zero-order chi connectivity index (χ0) is 20.8. The van der Waals surface area contributed by atoms with Gasteiger partial charge in [0.05, 0.1) is 40.4 Å². The molecule has 0 fully saturated rings. The van der Waals surface area contributed by atoms with Gasteiger partial charge >= 0.3 is 0 Å². The molecule has 0 saturated heterocycles. The Kier molecular flexibility index (Phi) is 7.32. The van der Waals surface area contributed by atoms with Crippen molar-refractivity contribution in [3.05, 3.63) is 68.7 Å². The van der Waals surface area contributed by atoms with Crippen LogP contribution in [0.5, 0.6) is 11.5 Å². The molecule has 1 N–H and O–H groups in total. The van der Waals surface area contributed by atoms with E-state index in [-0.39, 0.29) is 18.2 Å². The topological polar surface area (TPSA) is 71.3 Å². The molecule has 0 saturated carbocycles. The first-order valence-electron chi connectivity index (χ1n) is 8.81. The Labute approximate surface area is 183 Å². The standard InChI is InChI=1S/C21H18Cl2N2O3S/c1-27-18-7-6-13(10-17(18)23)14-11-20(26)25-21(15(14)12-24)29-9-8-28-19-5-3-2-4-16(19)22/h2-7,10,14H,8-9,11H2,1H3,(H,25,26)/t14-/m0/s1. The average Bonchev–Trinajstić information content (AvgIpc) is 2.72. The fraction of sp³-hybridized carbons (Fsp3) is 0.238. The van der Waals surface area contributed by atoms with Gasteiger partial charge in [-0.25, -0.2) is 0 Å². The van der Waals surface area contributed by atoms with Crippen LogP contribution in [0, 0.1) is 11.3 Å². The molecule has 150 valence electrons. The number of carbonyl (C=O) groups excluding carboxylic acids is 1. The highest BCUT2D eigenvalue weighted by atomic mass is 35.5. The number of amides is 1. The maximum atomic E-state index is 12.3. The molecule has 0 radical (unpaired) electrons. The molecule has 1 aliphatic heterocycles. The molecule has 1 atom stereocenters. The number of methoxy groups -OCH3 is 1. The van der Waals surface area contributed by atoms with Gasteiger partial charge in [0.1, 0.15) is 11.5 Å². The summed E-state index contributed by atoms with van der Waals surface area (Å²) in [7, 11) is 1.54. The molecule has 0 bridgehead atoms. The number of para-hydroxylation sites is 1. The fourth-order valence-electron chi connectivity index (χ4n) is 2.97. The Bertz CT molecular complexity index is 988. The van der Waals surface area contributed by atoms with Crippen molar-refractivity contribution in [2.24, 2.45) is 0 Å². The maximum Gasteiger partial charge on any atom is 0.225 e. The van der Waals surface area contributed by atoms with Gasteiger partial charge in [0.2, 0.25) is 5.91 Å². The molecule has 5 nitrogen and oxygen atoms in total. The van der Waals surface area contributed by atoms with Crippen LogP contribution >= 0.6 is 35.0 Å². The average molecular weight is 449 g/mol. The number of nitrogens with zero attached hydrogens (tertiary/aromatic N) is 1. The van der Waals surface area contributed by atoms with Gasteiger partial charge in [-0.1, -0.05) is 41.4 Å². The molecule has 0 spiro atoms. The van der Waals surface area contributed by atoms with Crippen LogP contribution in [0.2, 0.25) is 10.0 Å². The molecule has 0 aliphatic carbocycles. The molecular formula is C21H18Cl2N2O3S. The van der Waals surface area contributed by atoms with E-state index in [9.17, 15) is 10.1 Å². The van der Waals surface area contributed by atoms with E-state index in [1.807, 2.05) is 18.2 Å². The van der Waals surface area contributed by atoms with Crippen LogP contribution in [0.1, 0.15) is 17.9 Å². The predicted molar refractivity (Wildman–Crippen MR) is 116 cm³/mol. The summed E-state index contributed by atoms with van der Waals surface area (Å²) in [5, 5.41) is 14.1. The summed E-state index contributed by atoms with van der Waals surface area (Å²) >= 11 is 13.7. The Hall–Kier alpha value is -2.33. The maximum absolute atomic E-state index is 12.3. The van der Waals surface area contributed by atoms with Crippen molar-refractivity contribution in [3.63, 3.8) is 0 Å². The molecule has 8 heteroatoms. The lowest BCUT2D eigenvalue weighted by Gasteiger charge is -2.25. The lowest BCUT2D eigenvalue weighted by molar-refractivity contribution is -0.120. The molecule has 29 heavy (non-hydrogen) atoms. The number of carbonyl (C=O) groups is 1. The Morgan fingerprint density at radius 2 is 2.00 bits per heavy atom. The van der Waals surface area contributed by atoms with Crippen molar-refractivity contribution in [2.45, 2.75) is 12.3 Å². The summed E-state index contributed by atoms with van der Waals surface area (Å²) < 4.78 is 10.9. The highest BCUT2D eigenvalue weighted by molar-refractivity contribution is 8.03. The Morgan fingerprint density at radius 3 is 2.69 bits per heavy atom. The van der Waals surface area contributed by atoms with Gasteiger partial charge in [-0.3, -0.25) is 4.79 Å². The number of rotatable bonds is 7. The second-order valence-corrected chi connectivity index (χ2v) is 8.10. The number of thioether (sulfide) groups is 1. The van der Waals surface area contributed by atoms with Crippen LogP contribution in [0.4, 0.5) is 0 Å². The molecular weight excluding hydrogens is 431 g/mol. The van der Waals surface area contributed by atoms with E-state index in [0.29, 0.717) is 44.5 Å². The first kappa shape index (κ1) is 21.4. The third-order valence-corrected chi connectivity index (χ3v) is 5.95. The van der Waals surface area contributed by atoms with Crippen molar-refractivity contribution >= 4 is 40.9 Å². The number of benzene rings is 2. The van der Waals surface area contributed by atoms with Gasteiger partial charge in [-0.15, -0.1) is 11.8 Å². The largest absolute Gasteiger partial charge is 0.495 e. The zero-order valence-corrected chi connectivity index (χ0v) is 17.9. The van der Waals surface area contributed by atoms with Crippen LogP contribution in [0.25, 0.3) is 0 Å². The quantitative estimate of drug-likeness (QED) is 0.592. The van der Waals surface area contributed by atoms with Crippen LogP contribution in [0.15, 0.2) is 53.1 Å². The van der Waals surface area contributed by atoms with E-state index < -0.39 is 0 Å². The van der Waals surface area contributed by atoms with Crippen molar-refractivity contribution in [3.8, 4) is 17.6 Å². The van der Waals surface area contributed by atoms with Crippen LogP contribution in [-0.2, 0) is 4.79 Å². The Morgan fingerprint density at radius 1 is 1.21 bits per heavy atom. The number of nitriles is 1. The van der Waals surface area contributed by atoms with Gasteiger partial charge in [0.15, 0.2) is 0 Å². The molecule has 1 aliphatic rings. The first-order chi connectivity index (χ1) is 14.0. The van der Waals surface area contributed by atoms with E-state index >= 15 is 0 Å². The summed E-state index contributed by atoms with van der Waals surface area (Å²) in [5.41, 5.74) is 1.31. The van der Waals surface area contributed by atoms with Crippen LogP contribution < -0.4 is 14.8 Å². The second kappa shape index (κ2) is 9.93. The lowest BCUT2D eigenvalue weighted by atomic mass is 9.87. The molecule has 2 aromatic carbocycles. The SMILES string of the molecule is COc1ccc([C@@H]2CC(=O)NC(SCCOc3ccccc3Cl)=C2C#N)cc1Cl. The summed E-state index contributed by atoms with van der Waals surface area (Å²) in [5.74, 6) is 1.19. The Balaban J connectivity index is 1.73. The van der Waals surface area contributed by atoms with Crippen molar-refractivity contribution in [1.29, 1.82) is 5.26 Å². The van der Waals surface area contributed by atoms with Gasteiger partial charge in [0, 0.05) is 18.1 Å². The van der Waals surface area contributed by atoms with E-state index in [1.165, 1.54) is 18.9 Å². The minimum absolute atomic E-state index is 0.143. The smallest absolute Gasteiger partial charge is 0.225 e. The number of halogens is 2. The normalized spacial score (nSPS) is 16.2.